The molecule has 4 rings (SSSR count). The zero-order chi connectivity index (χ0) is 22.7. The highest BCUT2D eigenvalue weighted by Crippen LogP contribution is 2.27. The molecule has 166 valence electrons. The van der Waals surface area contributed by atoms with Gasteiger partial charge in [-0.2, -0.15) is 0 Å². The Morgan fingerprint density at radius 2 is 2.00 bits per heavy atom. The fourth-order valence-corrected chi connectivity index (χ4v) is 3.95. The van der Waals surface area contributed by atoms with Gasteiger partial charge in [0.2, 0.25) is 0 Å². The van der Waals surface area contributed by atoms with Crippen molar-refractivity contribution in [3.05, 3.63) is 54.7 Å². The van der Waals surface area contributed by atoms with Gasteiger partial charge < -0.3 is 20.7 Å². The van der Waals surface area contributed by atoms with E-state index in [1.807, 2.05) is 53.4 Å². The Balaban J connectivity index is 1.48. The highest BCUT2D eigenvalue weighted by molar-refractivity contribution is 5.98. The first-order chi connectivity index (χ1) is 15.4. The van der Waals surface area contributed by atoms with Crippen molar-refractivity contribution in [1.29, 1.82) is 5.41 Å². The van der Waals surface area contributed by atoms with Crippen molar-refractivity contribution in [3.63, 3.8) is 0 Å². The first kappa shape index (κ1) is 21.6. The van der Waals surface area contributed by atoms with Crippen molar-refractivity contribution >= 4 is 39.7 Å². The summed E-state index contributed by atoms with van der Waals surface area (Å²) in [5.41, 5.74) is 7.68. The van der Waals surface area contributed by atoms with E-state index in [4.69, 9.17) is 15.9 Å². The Kier molecular flexibility index (Phi) is 6.25. The second-order valence-corrected chi connectivity index (χ2v) is 8.55. The molecule has 1 aromatic heterocycles. The maximum absolute atomic E-state index is 13.1. The van der Waals surface area contributed by atoms with Gasteiger partial charge in [0.05, 0.1) is 0 Å². The third kappa shape index (κ3) is 4.82. The number of hydrogen-bond acceptors (Lipinski definition) is 5. The number of nitrogen functional groups attached to an aromatic ring is 1. The average molecular weight is 432 g/mol. The smallest absolute Gasteiger partial charge is 0.265 e. The van der Waals surface area contributed by atoms with E-state index < -0.39 is 6.10 Å². The van der Waals surface area contributed by atoms with Crippen LogP contribution >= 0.6 is 0 Å². The van der Waals surface area contributed by atoms with Gasteiger partial charge in [0.1, 0.15) is 17.4 Å². The highest BCUT2D eigenvalue weighted by Gasteiger charge is 2.23. The minimum atomic E-state index is -0.642. The first-order valence-electron chi connectivity index (χ1n) is 11.0. The van der Waals surface area contributed by atoms with Crippen LogP contribution in [0.3, 0.4) is 0 Å². The van der Waals surface area contributed by atoms with Crippen LogP contribution < -0.4 is 20.7 Å². The molecule has 0 spiro atoms. The Labute approximate surface area is 188 Å². The molecule has 1 atom stereocenters. The van der Waals surface area contributed by atoms with Crippen LogP contribution in [-0.2, 0) is 4.79 Å². The van der Waals surface area contributed by atoms with Crippen LogP contribution in [-0.4, -0.2) is 29.4 Å². The highest BCUT2D eigenvalue weighted by atomic mass is 16.5. The number of aromatic nitrogens is 1. The summed E-state index contributed by atoms with van der Waals surface area (Å²) in [5, 5.41) is 12.8. The van der Waals surface area contributed by atoms with E-state index in [2.05, 4.69) is 24.1 Å². The summed E-state index contributed by atoms with van der Waals surface area (Å²) in [5.74, 6) is 1.74. The number of benzene rings is 2. The molecule has 1 aliphatic heterocycles. The van der Waals surface area contributed by atoms with Crippen LogP contribution in [0, 0.1) is 11.3 Å². The van der Waals surface area contributed by atoms with E-state index in [0.717, 1.165) is 35.8 Å². The maximum atomic E-state index is 13.1. The molecule has 1 saturated heterocycles. The van der Waals surface area contributed by atoms with Crippen molar-refractivity contribution < 1.29 is 9.53 Å². The number of carbonyl (C=O) groups excluding carboxylic acids is 1. The van der Waals surface area contributed by atoms with E-state index in [1.165, 1.54) is 0 Å². The SMILES string of the molecule is CC(C)CC(Oc1ccc2ccnc(N)c2c1)C(=O)Nc1ccc(N2CCCC2=N)cc1. The fourth-order valence-electron chi connectivity index (χ4n) is 3.95. The molecule has 1 unspecified atom stereocenters. The molecule has 0 radical (unpaired) electrons. The van der Waals surface area contributed by atoms with Gasteiger partial charge in [-0.1, -0.05) is 19.9 Å². The summed E-state index contributed by atoms with van der Waals surface area (Å²) < 4.78 is 6.11. The summed E-state index contributed by atoms with van der Waals surface area (Å²) in [6.45, 7) is 4.98. The summed E-state index contributed by atoms with van der Waals surface area (Å²) in [6, 6.07) is 15.1. The van der Waals surface area contributed by atoms with Gasteiger partial charge in [-0.25, -0.2) is 4.98 Å². The van der Waals surface area contributed by atoms with Crippen LogP contribution in [0.4, 0.5) is 17.2 Å². The van der Waals surface area contributed by atoms with E-state index in [0.29, 0.717) is 29.5 Å². The minimum Gasteiger partial charge on any atom is -0.481 e. The number of fused-ring (bicyclic) bond motifs is 1. The number of nitrogens with two attached hydrogens (primary N) is 1. The number of ether oxygens (including phenoxy) is 1. The number of amides is 1. The third-order valence-electron chi connectivity index (χ3n) is 5.59. The molecule has 3 aromatic rings. The maximum Gasteiger partial charge on any atom is 0.265 e. The van der Waals surface area contributed by atoms with Gasteiger partial charge in [0.25, 0.3) is 5.91 Å². The molecule has 7 nitrogen and oxygen atoms in total. The van der Waals surface area contributed by atoms with E-state index in [-0.39, 0.29) is 11.8 Å². The number of hydrogen-bond donors (Lipinski definition) is 3. The minimum absolute atomic E-state index is 0.195. The molecular weight excluding hydrogens is 402 g/mol. The lowest BCUT2D eigenvalue weighted by Crippen LogP contribution is -2.34. The standard InChI is InChI=1S/C25H29N5O2/c1-16(2)14-22(32-20-10-5-17-11-12-28-24(27)21(17)15-20)25(31)29-18-6-8-19(9-7-18)30-13-3-4-23(30)26/h5-12,15-16,22,26H,3-4,13-14H2,1-2H3,(H2,27,28)(H,29,31). The van der Waals surface area contributed by atoms with Gasteiger partial charge in [0.15, 0.2) is 6.10 Å². The number of anilines is 3. The van der Waals surface area contributed by atoms with Gasteiger partial charge in [-0.05, 0) is 66.6 Å². The first-order valence-corrected chi connectivity index (χ1v) is 11.0. The Hall–Kier alpha value is -3.61. The Morgan fingerprint density at radius 1 is 1.22 bits per heavy atom. The zero-order valence-electron chi connectivity index (χ0n) is 18.5. The fraction of sp³-hybridized carbons (Fsp3) is 0.320. The topological polar surface area (TPSA) is 104 Å². The van der Waals surface area contributed by atoms with Crippen molar-refractivity contribution in [2.24, 2.45) is 5.92 Å². The average Bonchev–Trinajstić information content (AvgIpc) is 3.20. The summed E-state index contributed by atoms with van der Waals surface area (Å²) in [6.07, 6.45) is 3.42. The van der Waals surface area contributed by atoms with Crippen LogP contribution in [0.15, 0.2) is 54.7 Å². The molecular formula is C25H29N5O2. The van der Waals surface area contributed by atoms with Gasteiger partial charge in [0, 0.05) is 35.9 Å². The third-order valence-corrected chi connectivity index (χ3v) is 5.59. The van der Waals surface area contributed by atoms with Crippen LogP contribution in [0.5, 0.6) is 5.75 Å². The summed E-state index contributed by atoms with van der Waals surface area (Å²) in [7, 11) is 0. The van der Waals surface area contributed by atoms with Gasteiger partial charge in [-0.3, -0.25) is 10.2 Å². The molecule has 2 heterocycles. The van der Waals surface area contributed by atoms with Crippen LogP contribution in [0.25, 0.3) is 10.8 Å². The molecule has 7 heteroatoms. The van der Waals surface area contributed by atoms with Crippen LogP contribution in [0.1, 0.15) is 33.1 Å². The molecule has 1 fully saturated rings. The second-order valence-electron chi connectivity index (χ2n) is 8.55. The monoisotopic (exact) mass is 431 g/mol. The zero-order valence-corrected chi connectivity index (χ0v) is 18.5. The molecule has 1 amide bonds. The quantitative estimate of drug-likeness (QED) is 0.497. The lowest BCUT2D eigenvalue weighted by molar-refractivity contribution is -0.123. The molecule has 0 aliphatic carbocycles. The van der Waals surface area contributed by atoms with Crippen molar-refractivity contribution in [2.75, 3.05) is 22.5 Å². The number of pyridine rings is 1. The Bertz CT molecular complexity index is 1130. The van der Waals surface area contributed by atoms with Gasteiger partial charge >= 0.3 is 0 Å². The van der Waals surface area contributed by atoms with E-state index >= 15 is 0 Å². The van der Waals surface area contributed by atoms with Crippen molar-refractivity contribution in [3.8, 4) is 5.75 Å². The lowest BCUT2D eigenvalue weighted by Gasteiger charge is -2.21. The molecule has 1 aliphatic rings. The number of carbonyl (C=O) groups is 1. The number of nitrogens with zero attached hydrogens (tertiary/aromatic N) is 2. The lowest BCUT2D eigenvalue weighted by atomic mass is 10.0. The molecule has 32 heavy (non-hydrogen) atoms. The Morgan fingerprint density at radius 3 is 2.69 bits per heavy atom. The van der Waals surface area contributed by atoms with Crippen molar-refractivity contribution in [1.82, 2.24) is 4.98 Å². The number of nitrogens with one attached hydrogen (secondary N) is 2. The summed E-state index contributed by atoms with van der Waals surface area (Å²) in [4.78, 5) is 19.2. The predicted molar refractivity (Wildman–Crippen MR) is 129 cm³/mol. The molecule has 0 saturated carbocycles. The summed E-state index contributed by atoms with van der Waals surface area (Å²) >= 11 is 0. The molecule has 4 N–H and O–H groups in total. The van der Waals surface area contributed by atoms with E-state index in [1.54, 1.807) is 6.20 Å². The van der Waals surface area contributed by atoms with E-state index in [9.17, 15) is 4.79 Å². The normalized spacial score (nSPS) is 14.7. The predicted octanol–water partition coefficient (Wildman–Crippen LogP) is 4.83. The molecule has 0 bridgehead atoms. The largest absolute Gasteiger partial charge is 0.481 e. The van der Waals surface area contributed by atoms with Gasteiger partial charge in [-0.15, -0.1) is 0 Å². The number of rotatable bonds is 7. The van der Waals surface area contributed by atoms with Crippen LogP contribution in [0.2, 0.25) is 0 Å². The molecule has 2 aromatic carbocycles. The second kappa shape index (κ2) is 9.26. The number of amidine groups is 1. The van der Waals surface area contributed by atoms with Crippen molar-refractivity contribution in [2.45, 2.75) is 39.2 Å².